The van der Waals surface area contributed by atoms with Gasteiger partial charge < -0.3 is 20.1 Å². The summed E-state index contributed by atoms with van der Waals surface area (Å²) in [5.74, 6) is 2.89. The van der Waals surface area contributed by atoms with Gasteiger partial charge in [0, 0.05) is 18.6 Å². The van der Waals surface area contributed by atoms with E-state index in [0.717, 1.165) is 24.3 Å². The third-order valence-corrected chi connectivity index (χ3v) is 5.63. The normalized spacial score (nSPS) is 34.8. The van der Waals surface area contributed by atoms with Gasteiger partial charge in [-0.25, -0.2) is 4.79 Å². The van der Waals surface area contributed by atoms with Crippen LogP contribution in [0, 0.1) is 17.8 Å². The zero-order valence-electron chi connectivity index (χ0n) is 14.8. The molecule has 0 aromatic rings. The van der Waals surface area contributed by atoms with E-state index < -0.39 is 5.60 Å². The number of carbonyl (C=O) groups excluding carboxylic acids is 1. The van der Waals surface area contributed by atoms with Crippen molar-refractivity contribution < 1.29 is 14.3 Å². The fourth-order valence-corrected chi connectivity index (χ4v) is 5.10. The van der Waals surface area contributed by atoms with Gasteiger partial charge in [-0.15, -0.1) is 0 Å². The highest BCUT2D eigenvalue weighted by Crippen LogP contribution is 2.60. The highest BCUT2D eigenvalue weighted by atomic mass is 16.6. The Morgan fingerprint density at radius 3 is 2.39 bits per heavy atom. The molecule has 4 fully saturated rings. The summed E-state index contributed by atoms with van der Waals surface area (Å²) in [4.78, 5) is 11.5. The van der Waals surface area contributed by atoms with Gasteiger partial charge in [0.25, 0.3) is 0 Å². The van der Waals surface area contributed by atoms with Gasteiger partial charge in [-0.2, -0.15) is 0 Å². The van der Waals surface area contributed by atoms with Crippen molar-refractivity contribution in [2.24, 2.45) is 17.8 Å². The first-order valence-corrected chi connectivity index (χ1v) is 9.16. The van der Waals surface area contributed by atoms with Crippen LogP contribution in [-0.2, 0) is 9.47 Å². The van der Waals surface area contributed by atoms with Gasteiger partial charge in [0.15, 0.2) is 0 Å². The molecule has 4 saturated carbocycles. The molecule has 0 radical (unpaired) electrons. The van der Waals surface area contributed by atoms with Crippen LogP contribution >= 0.6 is 0 Å². The van der Waals surface area contributed by atoms with Gasteiger partial charge in [0.05, 0.1) is 13.2 Å². The second kappa shape index (κ2) is 6.60. The highest BCUT2D eigenvalue weighted by molar-refractivity contribution is 5.67. The Hall–Kier alpha value is -0.810. The number of nitrogens with one attached hydrogen (secondary N) is 2. The fourth-order valence-electron chi connectivity index (χ4n) is 5.10. The van der Waals surface area contributed by atoms with Crippen molar-refractivity contribution in [1.82, 2.24) is 10.6 Å². The molecule has 0 aromatic carbocycles. The number of rotatable bonds is 7. The number of alkyl carbamates (subject to hydrolysis) is 1. The minimum absolute atomic E-state index is 0.378. The van der Waals surface area contributed by atoms with Crippen LogP contribution in [0.15, 0.2) is 0 Å². The SMILES string of the molecule is CC(C)(C)OC(=O)NCCOCCNC12CC3CC(CC1C3)C2. The lowest BCUT2D eigenvalue weighted by Crippen LogP contribution is -2.47. The summed E-state index contributed by atoms with van der Waals surface area (Å²) in [6, 6.07) is 0. The molecular weight excluding hydrogens is 292 g/mol. The van der Waals surface area contributed by atoms with Crippen LogP contribution in [0.25, 0.3) is 0 Å². The lowest BCUT2D eigenvalue weighted by Gasteiger charge is -2.34. The molecule has 4 rings (SSSR count). The molecule has 5 heteroatoms. The Labute approximate surface area is 139 Å². The monoisotopic (exact) mass is 324 g/mol. The van der Waals surface area contributed by atoms with E-state index in [1.165, 1.54) is 32.1 Å². The summed E-state index contributed by atoms with van der Waals surface area (Å²) < 4.78 is 10.8. The Balaban J connectivity index is 1.24. The van der Waals surface area contributed by atoms with Crippen molar-refractivity contribution >= 4 is 6.09 Å². The molecule has 4 aliphatic rings. The van der Waals surface area contributed by atoms with Gasteiger partial charge in [-0.05, 0) is 70.6 Å². The minimum Gasteiger partial charge on any atom is -0.444 e. The summed E-state index contributed by atoms with van der Waals surface area (Å²) in [6.45, 7) is 8.23. The van der Waals surface area contributed by atoms with Gasteiger partial charge in [-0.3, -0.25) is 0 Å². The fraction of sp³-hybridized carbons (Fsp3) is 0.944. The second-order valence-corrected chi connectivity index (χ2v) is 8.67. The minimum atomic E-state index is -0.450. The van der Waals surface area contributed by atoms with E-state index >= 15 is 0 Å². The summed E-state index contributed by atoms with van der Waals surface area (Å²) in [7, 11) is 0. The van der Waals surface area contributed by atoms with E-state index in [0.29, 0.717) is 25.3 Å². The summed E-state index contributed by atoms with van der Waals surface area (Å²) in [5.41, 5.74) is -0.0142. The van der Waals surface area contributed by atoms with Crippen molar-refractivity contribution in [3.63, 3.8) is 0 Å². The maximum Gasteiger partial charge on any atom is 0.407 e. The molecule has 4 aliphatic carbocycles. The first-order valence-electron chi connectivity index (χ1n) is 9.16. The third-order valence-electron chi connectivity index (χ3n) is 5.63. The summed E-state index contributed by atoms with van der Waals surface area (Å²) >= 11 is 0. The van der Waals surface area contributed by atoms with E-state index in [-0.39, 0.29) is 6.09 Å². The van der Waals surface area contributed by atoms with Crippen LogP contribution in [-0.4, -0.2) is 43.5 Å². The number of hydrogen-bond acceptors (Lipinski definition) is 4. The molecule has 4 bridgehead atoms. The van der Waals surface area contributed by atoms with Gasteiger partial charge >= 0.3 is 6.09 Å². The average molecular weight is 324 g/mol. The van der Waals surface area contributed by atoms with Gasteiger partial charge in [-0.1, -0.05) is 0 Å². The van der Waals surface area contributed by atoms with Crippen molar-refractivity contribution in [1.29, 1.82) is 0 Å². The smallest absolute Gasteiger partial charge is 0.407 e. The maximum absolute atomic E-state index is 11.5. The van der Waals surface area contributed by atoms with E-state index in [9.17, 15) is 4.79 Å². The van der Waals surface area contributed by atoms with Crippen LogP contribution in [0.5, 0.6) is 0 Å². The summed E-state index contributed by atoms with van der Waals surface area (Å²) in [6.07, 6.45) is 6.76. The molecule has 2 atom stereocenters. The maximum atomic E-state index is 11.5. The molecular formula is C18H32N2O3. The number of ether oxygens (including phenoxy) is 2. The molecule has 23 heavy (non-hydrogen) atoms. The molecule has 132 valence electrons. The Morgan fingerprint density at radius 1 is 1.09 bits per heavy atom. The van der Waals surface area contributed by atoms with Crippen molar-refractivity contribution in [2.45, 2.75) is 64.0 Å². The topological polar surface area (TPSA) is 59.6 Å². The van der Waals surface area contributed by atoms with E-state index in [4.69, 9.17) is 9.47 Å². The largest absolute Gasteiger partial charge is 0.444 e. The van der Waals surface area contributed by atoms with Crippen LogP contribution in [0.1, 0.15) is 52.9 Å². The Kier molecular flexibility index (Phi) is 4.88. The molecule has 5 nitrogen and oxygen atoms in total. The lowest BCUT2D eigenvalue weighted by atomic mass is 9.80. The van der Waals surface area contributed by atoms with Gasteiger partial charge in [0.1, 0.15) is 5.60 Å². The van der Waals surface area contributed by atoms with Crippen molar-refractivity contribution in [3.05, 3.63) is 0 Å². The van der Waals surface area contributed by atoms with Crippen LogP contribution in [0.4, 0.5) is 4.79 Å². The highest BCUT2D eigenvalue weighted by Gasteiger charge is 2.57. The molecule has 0 saturated heterocycles. The predicted octanol–water partition coefficient (Wildman–Crippen LogP) is 2.70. The zero-order valence-corrected chi connectivity index (χ0v) is 14.8. The van der Waals surface area contributed by atoms with Crippen molar-refractivity contribution in [3.8, 4) is 0 Å². The van der Waals surface area contributed by atoms with Crippen LogP contribution < -0.4 is 10.6 Å². The first-order chi connectivity index (χ1) is 10.9. The van der Waals surface area contributed by atoms with Crippen LogP contribution in [0.3, 0.4) is 0 Å². The van der Waals surface area contributed by atoms with E-state index in [1.54, 1.807) is 0 Å². The number of amides is 1. The number of hydrogen-bond donors (Lipinski definition) is 2. The predicted molar refractivity (Wildman–Crippen MR) is 89.3 cm³/mol. The Morgan fingerprint density at radius 2 is 1.74 bits per heavy atom. The lowest BCUT2D eigenvalue weighted by molar-refractivity contribution is 0.0498. The number of carbonyl (C=O) groups is 1. The molecule has 2 N–H and O–H groups in total. The van der Waals surface area contributed by atoms with Crippen LogP contribution in [0.2, 0.25) is 0 Å². The third kappa shape index (κ3) is 4.18. The molecule has 1 amide bonds. The second-order valence-electron chi connectivity index (χ2n) is 8.67. The standard InChI is InChI=1S/C18H32N2O3/c1-17(2,3)23-16(21)19-4-6-22-7-5-20-18-11-13-8-14(12-18)10-15(18)9-13/h13-15,20H,4-12H2,1-3H3,(H,19,21). The quantitative estimate of drug-likeness (QED) is 0.707. The first kappa shape index (κ1) is 17.0. The van der Waals surface area contributed by atoms with Crippen molar-refractivity contribution in [2.75, 3.05) is 26.3 Å². The van der Waals surface area contributed by atoms with E-state index in [2.05, 4.69) is 10.6 Å². The molecule has 0 aromatic heterocycles. The molecule has 2 unspecified atom stereocenters. The van der Waals surface area contributed by atoms with Gasteiger partial charge in [0.2, 0.25) is 0 Å². The molecule has 0 heterocycles. The molecule has 0 spiro atoms. The summed E-state index contributed by atoms with van der Waals surface area (Å²) in [5, 5.41) is 6.52. The zero-order chi connectivity index (χ0) is 16.5. The average Bonchev–Trinajstić information content (AvgIpc) is 2.80. The van der Waals surface area contributed by atoms with E-state index in [1.807, 2.05) is 20.8 Å². The Bertz CT molecular complexity index is 418. The molecule has 0 aliphatic heterocycles.